The summed E-state index contributed by atoms with van der Waals surface area (Å²) in [6.45, 7) is 2.13. The molecular weight excluding hydrogens is 507 g/mol. The number of allylic oxidation sites excluding steroid dienone is 1. The van der Waals surface area contributed by atoms with Crippen molar-refractivity contribution in [3.63, 3.8) is 0 Å². The van der Waals surface area contributed by atoms with E-state index in [1.807, 2.05) is 6.20 Å². The van der Waals surface area contributed by atoms with E-state index in [-0.39, 0.29) is 0 Å². The molecule has 154 valence electrons. The van der Waals surface area contributed by atoms with E-state index in [9.17, 15) is 0 Å². The second kappa shape index (κ2) is 7.33. The van der Waals surface area contributed by atoms with Crippen LogP contribution in [0.15, 0.2) is 33.0 Å². The SMILES string of the molecule is Clc1cncc(Cl)c1-c1noc(C2CC2)c1C=CC1C2CN(c3ncc(Br)s3)CC12. The summed E-state index contributed by atoms with van der Waals surface area (Å²) in [6, 6.07) is 0. The molecule has 0 N–H and O–H groups in total. The number of aromatic nitrogens is 3. The maximum Gasteiger partial charge on any atom is 0.186 e. The molecule has 6 rings (SSSR count). The largest absolute Gasteiger partial charge is 0.360 e. The molecule has 0 bridgehead atoms. The quantitative estimate of drug-likeness (QED) is 0.380. The molecule has 9 heteroatoms. The van der Waals surface area contributed by atoms with E-state index < -0.39 is 0 Å². The number of thiazole rings is 1. The van der Waals surface area contributed by atoms with Crippen molar-refractivity contribution in [1.29, 1.82) is 0 Å². The van der Waals surface area contributed by atoms with Gasteiger partial charge in [0.25, 0.3) is 0 Å². The second-order valence-corrected chi connectivity index (χ2v) is 11.4. The van der Waals surface area contributed by atoms with Crippen LogP contribution in [-0.4, -0.2) is 28.2 Å². The number of anilines is 1. The zero-order valence-electron chi connectivity index (χ0n) is 15.8. The standard InChI is InChI=1S/C21H17BrCl2N4OS/c22-17-7-26-21(30-17)28-8-13-11(14(13)9-28)3-4-12-19(27-29-20(12)10-1-2-10)18-15(23)5-25-6-16(18)24/h3-7,10-11,13-14H,1-2,8-9H2. The van der Waals surface area contributed by atoms with Crippen LogP contribution in [-0.2, 0) is 0 Å². The van der Waals surface area contributed by atoms with Gasteiger partial charge in [-0.05, 0) is 46.5 Å². The van der Waals surface area contributed by atoms with E-state index in [0.29, 0.717) is 45.0 Å². The number of piperidine rings is 1. The van der Waals surface area contributed by atoms with Crippen molar-refractivity contribution in [3.05, 3.63) is 49.8 Å². The molecule has 2 atom stereocenters. The van der Waals surface area contributed by atoms with Gasteiger partial charge in [-0.2, -0.15) is 0 Å². The minimum absolute atomic E-state index is 0.447. The summed E-state index contributed by atoms with van der Waals surface area (Å²) in [5, 5.41) is 6.43. The Morgan fingerprint density at radius 2 is 1.87 bits per heavy atom. The van der Waals surface area contributed by atoms with Crippen LogP contribution in [0.3, 0.4) is 0 Å². The number of halogens is 3. The summed E-state index contributed by atoms with van der Waals surface area (Å²) < 4.78 is 6.83. The summed E-state index contributed by atoms with van der Waals surface area (Å²) in [5.74, 6) is 3.35. The van der Waals surface area contributed by atoms with Crippen LogP contribution in [0, 0.1) is 17.8 Å². The normalized spacial score (nSPS) is 25.3. The molecule has 3 aromatic rings. The molecule has 4 heterocycles. The molecule has 2 aliphatic carbocycles. The molecule has 1 saturated heterocycles. The lowest BCUT2D eigenvalue weighted by atomic mass is 10.0. The third-order valence-corrected chi connectivity index (χ3v) is 8.39. The molecule has 3 fully saturated rings. The fourth-order valence-electron chi connectivity index (χ4n) is 4.54. The molecule has 1 aliphatic heterocycles. The average Bonchev–Trinajstić information content (AvgIpc) is 3.49. The van der Waals surface area contributed by atoms with Crippen molar-refractivity contribution in [3.8, 4) is 11.3 Å². The molecule has 0 amide bonds. The molecule has 3 aliphatic rings. The topological polar surface area (TPSA) is 55.1 Å². The zero-order chi connectivity index (χ0) is 20.4. The van der Waals surface area contributed by atoms with Crippen molar-refractivity contribution in [2.75, 3.05) is 18.0 Å². The predicted molar refractivity (Wildman–Crippen MR) is 123 cm³/mol. The number of hydrogen-bond acceptors (Lipinski definition) is 6. The van der Waals surface area contributed by atoms with Gasteiger partial charge in [0.05, 0.1) is 20.0 Å². The maximum atomic E-state index is 6.40. The number of pyridine rings is 1. The van der Waals surface area contributed by atoms with Gasteiger partial charge in [-0.25, -0.2) is 4.98 Å². The average molecular weight is 524 g/mol. The van der Waals surface area contributed by atoms with Crippen LogP contribution >= 0.6 is 50.5 Å². The minimum atomic E-state index is 0.447. The fourth-order valence-corrected chi connectivity index (χ4v) is 6.29. The Kier molecular flexibility index (Phi) is 4.71. The van der Waals surface area contributed by atoms with Gasteiger partial charge in [0, 0.05) is 42.5 Å². The summed E-state index contributed by atoms with van der Waals surface area (Å²) in [7, 11) is 0. The first-order chi connectivity index (χ1) is 14.6. The minimum Gasteiger partial charge on any atom is -0.360 e. The van der Waals surface area contributed by atoms with Crippen molar-refractivity contribution in [1.82, 2.24) is 15.1 Å². The van der Waals surface area contributed by atoms with Gasteiger partial charge < -0.3 is 9.42 Å². The van der Waals surface area contributed by atoms with Crippen molar-refractivity contribution in [2.24, 2.45) is 17.8 Å². The lowest BCUT2D eigenvalue weighted by Gasteiger charge is -2.17. The maximum absolute atomic E-state index is 6.40. The van der Waals surface area contributed by atoms with E-state index in [4.69, 9.17) is 27.7 Å². The van der Waals surface area contributed by atoms with E-state index >= 15 is 0 Å². The van der Waals surface area contributed by atoms with E-state index in [1.54, 1.807) is 23.7 Å². The molecule has 5 nitrogen and oxygen atoms in total. The van der Waals surface area contributed by atoms with E-state index in [0.717, 1.165) is 46.2 Å². The highest BCUT2D eigenvalue weighted by Gasteiger charge is 2.54. The van der Waals surface area contributed by atoms with Gasteiger partial charge in [0.1, 0.15) is 11.5 Å². The van der Waals surface area contributed by atoms with E-state index in [1.165, 1.54) is 0 Å². The summed E-state index contributed by atoms with van der Waals surface area (Å²) in [4.78, 5) is 10.9. The second-order valence-electron chi connectivity index (χ2n) is 8.18. The first-order valence-electron chi connectivity index (χ1n) is 9.93. The van der Waals surface area contributed by atoms with Crippen molar-refractivity contribution < 1.29 is 4.52 Å². The number of nitrogens with zero attached hydrogens (tertiary/aromatic N) is 4. The monoisotopic (exact) mass is 522 g/mol. The molecule has 0 spiro atoms. The van der Waals surface area contributed by atoms with E-state index in [2.05, 4.69) is 48.1 Å². The third-order valence-electron chi connectivity index (χ3n) is 6.28. The highest BCUT2D eigenvalue weighted by Crippen LogP contribution is 2.54. The smallest absolute Gasteiger partial charge is 0.186 e. The zero-order valence-corrected chi connectivity index (χ0v) is 19.7. The van der Waals surface area contributed by atoms with Crippen LogP contribution in [0.4, 0.5) is 5.13 Å². The molecular formula is C21H17BrCl2N4OS. The summed E-state index contributed by atoms with van der Waals surface area (Å²) >= 11 is 18.0. The van der Waals surface area contributed by atoms with Crippen LogP contribution in [0.5, 0.6) is 0 Å². The molecule has 30 heavy (non-hydrogen) atoms. The third kappa shape index (κ3) is 3.30. The first kappa shape index (κ1) is 19.3. The first-order valence-corrected chi connectivity index (χ1v) is 12.3. The molecule has 0 aromatic carbocycles. The number of fused-ring (bicyclic) bond motifs is 1. The van der Waals surface area contributed by atoms with Crippen LogP contribution in [0.25, 0.3) is 17.3 Å². The van der Waals surface area contributed by atoms with Crippen molar-refractivity contribution in [2.45, 2.75) is 18.8 Å². The van der Waals surface area contributed by atoms with Gasteiger partial charge in [0.2, 0.25) is 0 Å². The summed E-state index contributed by atoms with van der Waals surface area (Å²) in [6.07, 6.45) is 11.9. The van der Waals surface area contributed by atoms with Crippen LogP contribution < -0.4 is 4.90 Å². The lowest BCUT2D eigenvalue weighted by molar-refractivity contribution is 0.386. The Bertz CT molecular complexity index is 1130. The van der Waals surface area contributed by atoms with Crippen molar-refractivity contribution >= 4 is 61.7 Å². The Labute approximate surface area is 196 Å². The number of rotatable bonds is 5. The Hall–Kier alpha value is -1.41. The Morgan fingerprint density at radius 3 is 2.50 bits per heavy atom. The molecule has 2 saturated carbocycles. The summed E-state index contributed by atoms with van der Waals surface area (Å²) in [5.41, 5.74) is 2.42. The van der Waals surface area contributed by atoms with Crippen LogP contribution in [0.2, 0.25) is 10.0 Å². The van der Waals surface area contributed by atoms with Gasteiger partial charge >= 0.3 is 0 Å². The fraction of sp³-hybridized carbons (Fsp3) is 0.381. The number of hydrogen-bond donors (Lipinski definition) is 0. The van der Waals surface area contributed by atoms with Gasteiger partial charge in [-0.3, -0.25) is 4.98 Å². The Balaban J connectivity index is 1.25. The predicted octanol–water partition coefficient (Wildman–Crippen LogP) is 6.54. The van der Waals surface area contributed by atoms with Crippen LogP contribution in [0.1, 0.15) is 30.1 Å². The molecule has 2 unspecified atom stereocenters. The highest BCUT2D eigenvalue weighted by atomic mass is 79.9. The highest BCUT2D eigenvalue weighted by molar-refractivity contribution is 9.11. The molecule has 3 aromatic heterocycles. The lowest BCUT2D eigenvalue weighted by Crippen LogP contribution is -2.23. The van der Waals surface area contributed by atoms with Gasteiger partial charge in [-0.15, -0.1) is 0 Å². The molecule has 0 radical (unpaired) electrons. The van der Waals surface area contributed by atoms with Gasteiger partial charge in [0.15, 0.2) is 5.13 Å². The van der Waals surface area contributed by atoms with Gasteiger partial charge in [-0.1, -0.05) is 51.8 Å². The Morgan fingerprint density at radius 1 is 1.13 bits per heavy atom.